The summed E-state index contributed by atoms with van der Waals surface area (Å²) in [4.78, 5) is 0.896. The van der Waals surface area contributed by atoms with Crippen LogP contribution in [0.15, 0.2) is 23.1 Å². The van der Waals surface area contributed by atoms with Crippen molar-refractivity contribution in [2.75, 3.05) is 0 Å². The highest BCUT2D eigenvalue weighted by Crippen LogP contribution is 2.21. The molecule has 66 valence electrons. The third kappa shape index (κ3) is 2.49. The van der Waals surface area contributed by atoms with Gasteiger partial charge in [0, 0.05) is 4.90 Å². The largest absolute Gasteiger partial charge is 0.220 e. The van der Waals surface area contributed by atoms with E-state index in [0.29, 0.717) is 0 Å². The molecule has 0 amide bonds. The lowest BCUT2D eigenvalue weighted by molar-refractivity contribution is -0.432. The van der Waals surface area contributed by atoms with Gasteiger partial charge in [-0.3, -0.25) is 0 Å². The number of rotatable bonds is 3. The van der Waals surface area contributed by atoms with Gasteiger partial charge in [-0.15, -0.1) is 4.33 Å². The fourth-order valence-corrected chi connectivity index (χ4v) is 1.28. The van der Waals surface area contributed by atoms with Gasteiger partial charge in [0.15, 0.2) is 0 Å². The van der Waals surface area contributed by atoms with Crippen molar-refractivity contribution in [2.24, 2.45) is 0 Å². The van der Waals surface area contributed by atoms with Crippen molar-refractivity contribution in [1.29, 1.82) is 0 Å². The second-order valence-electron chi connectivity index (χ2n) is 2.47. The zero-order valence-electron chi connectivity index (χ0n) is 6.90. The molecular formula is C8H10O3S. The summed E-state index contributed by atoms with van der Waals surface area (Å²) in [7, 11) is 0. The molecule has 0 radical (unpaired) electrons. The van der Waals surface area contributed by atoms with Crippen molar-refractivity contribution in [3.63, 3.8) is 0 Å². The first kappa shape index (κ1) is 9.54. The van der Waals surface area contributed by atoms with E-state index in [9.17, 15) is 0 Å². The van der Waals surface area contributed by atoms with Crippen LogP contribution in [0.3, 0.4) is 0 Å². The molecular weight excluding hydrogens is 176 g/mol. The van der Waals surface area contributed by atoms with E-state index < -0.39 is 0 Å². The maximum Gasteiger partial charge on any atom is 0.0714 e. The van der Waals surface area contributed by atoms with Crippen LogP contribution in [-0.2, 0) is 9.37 Å². The number of hydrogen-bond donors (Lipinski definition) is 1. The van der Waals surface area contributed by atoms with E-state index in [2.05, 4.69) is 9.37 Å². The van der Waals surface area contributed by atoms with Crippen LogP contribution < -0.4 is 0 Å². The van der Waals surface area contributed by atoms with Crippen LogP contribution in [-0.4, -0.2) is 5.26 Å². The fraction of sp³-hybridized carbons (Fsp3) is 0.250. The van der Waals surface area contributed by atoms with Crippen molar-refractivity contribution in [1.82, 2.24) is 0 Å². The summed E-state index contributed by atoms with van der Waals surface area (Å²) in [5, 5.41) is 11.4. The zero-order chi connectivity index (χ0) is 8.97. The van der Waals surface area contributed by atoms with E-state index in [1.165, 1.54) is 11.1 Å². The Morgan fingerprint density at radius 2 is 2.00 bits per heavy atom. The first-order chi connectivity index (χ1) is 5.74. The maximum absolute atomic E-state index is 7.91. The van der Waals surface area contributed by atoms with Gasteiger partial charge in [-0.1, -0.05) is 11.1 Å². The SMILES string of the molecule is Cc1ccc(SOOO)cc1C. The van der Waals surface area contributed by atoms with Crippen LogP contribution in [0, 0.1) is 13.8 Å². The molecule has 1 aromatic rings. The average Bonchev–Trinajstić information content (AvgIpc) is 2.07. The molecule has 0 unspecified atom stereocenters. The monoisotopic (exact) mass is 186 g/mol. The minimum Gasteiger partial charge on any atom is -0.220 e. The predicted molar refractivity (Wildman–Crippen MR) is 46.6 cm³/mol. The molecule has 0 aliphatic rings. The van der Waals surface area contributed by atoms with Gasteiger partial charge in [-0.05, 0) is 37.1 Å². The summed E-state index contributed by atoms with van der Waals surface area (Å²) >= 11 is 0.971. The fourth-order valence-electron chi connectivity index (χ4n) is 0.820. The molecule has 3 nitrogen and oxygen atoms in total. The highest BCUT2D eigenvalue weighted by molar-refractivity contribution is 7.94. The summed E-state index contributed by atoms with van der Waals surface area (Å²) in [5.74, 6) is 0. The molecule has 0 atom stereocenters. The summed E-state index contributed by atoms with van der Waals surface area (Å²) in [6, 6.07) is 5.84. The highest BCUT2D eigenvalue weighted by Gasteiger charge is 1.97. The number of hydrogen-bond acceptors (Lipinski definition) is 4. The van der Waals surface area contributed by atoms with Crippen LogP contribution in [0.1, 0.15) is 11.1 Å². The standard InChI is InChI=1S/C8H10O3S/c1-6-3-4-8(5-7(6)2)12-11-10-9/h3-5,9H,1-2H3. The normalized spacial score (nSPS) is 10.2. The van der Waals surface area contributed by atoms with Gasteiger partial charge in [-0.25, -0.2) is 5.26 Å². The predicted octanol–water partition coefficient (Wildman–Crippen LogP) is 2.73. The van der Waals surface area contributed by atoms with E-state index in [0.717, 1.165) is 16.9 Å². The Kier molecular flexibility index (Phi) is 3.55. The van der Waals surface area contributed by atoms with Crippen molar-refractivity contribution in [2.45, 2.75) is 18.7 Å². The lowest BCUT2D eigenvalue weighted by atomic mass is 10.1. The molecule has 1 rings (SSSR count). The molecule has 0 aromatic heterocycles. The van der Waals surface area contributed by atoms with Gasteiger partial charge in [-0.2, -0.15) is 0 Å². The van der Waals surface area contributed by atoms with E-state index in [1.54, 1.807) is 0 Å². The maximum atomic E-state index is 7.91. The van der Waals surface area contributed by atoms with Crippen LogP contribution in [0.4, 0.5) is 0 Å². The topological polar surface area (TPSA) is 38.7 Å². The number of aryl methyl sites for hydroxylation is 2. The molecule has 0 saturated heterocycles. The summed E-state index contributed by atoms with van der Waals surface area (Å²) in [6.45, 7) is 4.05. The van der Waals surface area contributed by atoms with Gasteiger partial charge in [0.1, 0.15) is 0 Å². The third-order valence-corrected chi connectivity index (χ3v) is 2.21. The molecule has 12 heavy (non-hydrogen) atoms. The van der Waals surface area contributed by atoms with E-state index in [4.69, 9.17) is 5.26 Å². The van der Waals surface area contributed by atoms with E-state index in [1.807, 2.05) is 32.0 Å². The average molecular weight is 186 g/mol. The molecule has 0 saturated carbocycles. The molecule has 0 fully saturated rings. The van der Waals surface area contributed by atoms with Crippen molar-refractivity contribution in [3.05, 3.63) is 29.3 Å². The Bertz CT molecular complexity index is 262. The van der Waals surface area contributed by atoms with Gasteiger partial charge >= 0.3 is 0 Å². The van der Waals surface area contributed by atoms with E-state index >= 15 is 0 Å². The Morgan fingerprint density at radius 1 is 1.25 bits per heavy atom. The second-order valence-corrected chi connectivity index (χ2v) is 3.25. The quantitative estimate of drug-likeness (QED) is 0.447. The Hall–Kier alpha value is -0.550. The van der Waals surface area contributed by atoms with Crippen molar-refractivity contribution in [3.8, 4) is 0 Å². The molecule has 0 bridgehead atoms. The molecule has 1 N–H and O–H groups in total. The van der Waals surface area contributed by atoms with Crippen LogP contribution in [0.5, 0.6) is 0 Å². The van der Waals surface area contributed by atoms with Gasteiger partial charge < -0.3 is 0 Å². The van der Waals surface area contributed by atoms with E-state index in [-0.39, 0.29) is 0 Å². The van der Waals surface area contributed by atoms with Crippen LogP contribution in [0.25, 0.3) is 0 Å². The van der Waals surface area contributed by atoms with Gasteiger partial charge in [0.2, 0.25) is 0 Å². The summed E-state index contributed by atoms with van der Waals surface area (Å²) < 4.78 is 4.29. The minimum absolute atomic E-state index is 0.896. The summed E-state index contributed by atoms with van der Waals surface area (Å²) in [6.07, 6.45) is 0. The Balaban J connectivity index is 2.69. The van der Waals surface area contributed by atoms with Gasteiger partial charge in [0.25, 0.3) is 0 Å². The minimum atomic E-state index is 0.896. The third-order valence-electron chi connectivity index (χ3n) is 1.64. The Labute approximate surface area is 75.4 Å². The lowest BCUT2D eigenvalue weighted by Crippen LogP contribution is -1.82. The smallest absolute Gasteiger partial charge is 0.0714 e. The highest BCUT2D eigenvalue weighted by atomic mass is 32.2. The lowest BCUT2D eigenvalue weighted by Gasteiger charge is -2.01. The molecule has 0 aliphatic heterocycles. The molecule has 4 heteroatoms. The van der Waals surface area contributed by atoms with Crippen molar-refractivity contribution >= 4 is 12.0 Å². The van der Waals surface area contributed by atoms with Crippen LogP contribution in [0.2, 0.25) is 0 Å². The number of benzene rings is 1. The molecule has 0 spiro atoms. The molecule has 0 heterocycles. The molecule has 1 aromatic carbocycles. The zero-order valence-corrected chi connectivity index (χ0v) is 7.72. The summed E-state index contributed by atoms with van der Waals surface area (Å²) in [5.41, 5.74) is 2.41. The van der Waals surface area contributed by atoms with Gasteiger partial charge in [0.05, 0.1) is 12.0 Å². The first-order valence-electron chi connectivity index (χ1n) is 3.46. The second kappa shape index (κ2) is 4.47. The van der Waals surface area contributed by atoms with Crippen molar-refractivity contribution < 1.29 is 14.6 Å². The van der Waals surface area contributed by atoms with Crippen LogP contribution >= 0.6 is 12.0 Å². The molecule has 0 aliphatic carbocycles. The Morgan fingerprint density at radius 3 is 2.58 bits per heavy atom. The first-order valence-corrected chi connectivity index (χ1v) is 4.20.